The van der Waals surface area contributed by atoms with E-state index in [1.54, 1.807) is 0 Å². The van der Waals surface area contributed by atoms with Crippen molar-refractivity contribution in [2.75, 3.05) is 24.5 Å². The molecule has 5 rings (SSSR count). The number of hydrogen-bond donors (Lipinski definition) is 2. The number of alkyl halides is 3. The van der Waals surface area contributed by atoms with Crippen molar-refractivity contribution < 1.29 is 22.4 Å². The number of benzene rings is 2. The number of fused-ring (bicyclic) bond motifs is 1. The molecule has 0 bridgehead atoms. The van der Waals surface area contributed by atoms with Crippen molar-refractivity contribution in [3.8, 4) is 5.69 Å². The molecule has 3 heterocycles. The molecule has 1 atom stereocenters. The number of aromatic nitrogens is 4. The molecule has 0 saturated carbocycles. The normalized spacial score (nSPS) is 16.2. The highest BCUT2D eigenvalue weighted by molar-refractivity contribution is 9.10. The van der Waals surface area contributed by atoms with E-state index in [4.69, 9.17) is 0 Å². The lowest BCUT2D eigenvalue weighted by Crippen LogP contribution is -2.57. The van der Waals surface area contributed by atoms with Crippen LogP contribution in [-0.2, 0) is 17.5 Å². The first-order chi connectivity index (χ1) is 17.7. The molecule has 2 aromatic carbocycles. The number of carbonyl (C=O) groups excluding carboxylic acids is 1. The van der Waals surface area contributed by atoms with Gasteiger partial charge in [0.1, 0.15) is 24.0 Å². The Bertz CT molecular complexity index is 1440. The highest BCUT2D eigenvalue weighted by atomic mass is 79.9. The van der Waals surface area contributed by atoms with Gasteiger partial charge in [-0.3, -0.25) is 4.79 Å². The zero-order valence-electron chi connectivity index (χ0n) is 19.1. The molecule has 13 heteroatoms. The summed E-state index contributed by atoms with van der Waals surface area (Å²) in [5.41, 5.74) is 0.0209. The van der Waals surface area contributed by atoms with E-state index in [-0.39, 0.29) is 11.6 Å². The lowest BCUT2D eigenvalue weighted by molar-refractivity contribution is -0.140. The molecule has 1 aliphatic rings. The minimum absolute atomic E-state index is 0.111. The standard InChI is InChI=1S/C24H20BrF4N7O/c25-15-3-1-14(2-4-15)10-31-23(37)20-12-35(8-7-30-20)22-17-11-36(34-21(17)32-13-33-22)16-5-6-18(19(26)9-16)24(27,28)29/h1-6,9,11,13,20,30H,7-8,10,12H2,(H,31,37)/t20-/m1/s1. The zero-order valence-corrected chi connectivity index (χ0v) is 20.7. The minimum Gasteiger partial charge on any atom is -0.353 e. The average molecular weight is 578 g/mol. The quantitative estimate of drug-likeness (QED) is 0.351. The number of carbonyl (C=O) groups is 1. The Labute approximate surface area is 216 Å². The van der Waals surface area contributed by atoms with E-state index in [1.165, 1.54) is 17.2 Å². The molecule has 0 spiro atoms. The van der Waals surface area contributed by atoms with Crippen molar-refractivity contribution in [2.24, 2.45) is 0 Å². The molecule has 37 heavy (non-hydrogen) atoms. The van der Waals surface area contributed by atoms with Gasteiger partial charge >= 0.3 is 6.18 Å². The van der Waals surface area contributed by atoms with Gasteiger partial charge < -0.3 is 15.5 Å². The van der Waals surface area contributed by atoms with E-state index < -0.39 is 23.6 Å². The summed E-state index contributed by atoms with van der Waals surface area (Å²) in [5.74, 6) is -1.03. The maximum absolute atomic E-state index is 14.1. The first kappa shape index (κ1) is 25.1. The van der Waals surface area contributed by atoms with E-state index in [2.05, 4.69) is 41.6 Å². The smallest absolute Gasteiger partial charge is 0.353 e. The van der Waals surface area contributed by atoms with Gasteiger partial charge in [0.2, 0.25) is 5.91 Å². The van der Waals surface area contributed by atoms with Gasteiger partial charge in [0.15, 0.2) is 5.65 Å². The van der Waals surface area contributed by atoms with Crippen LogP contribution in [0.25, 0.3) is 16.7 Å². The van der Waals surface area contributed by atoms with Crippen molar-refractivity contribution in [1.82, 2.24) is 30.4 Å². The number of rotatable bonds is 5. The summed E-state index contributed by atoms with van der Waals surface area (Å²) >= 11 is 3.38. The highest BCUT2D eigenvalue weighted by Gasteiger charge is 2.34. The molecule has 1 aliphatic heterocycles. The second-order valence-electron chi connectivity index (χ2n) is 8.47. The predicted molar refractivity (Wildman–Crippen MR) is 132 cm³/mol. The zero-order chi connectivity index (χ0) is 26.2. The van der Waals surface area contributed by atoms with Crippen LogP contribution in [0.2, 0.25) is 0 Å². The van der Waals surface area contributed by atoms with Crippen molar-refractivity contribution in [1.29, 1.82) is 0 Å². The van der Waals surface area contributed by atoms with E-state index in [0.717, 1.165) is 22.2 Å². The summed E-state index contributed by atoms with van der Waals surface area (Å²) < 4.78 is 55.1. The van der Waals surface area contributed by atoms with Crippen LogP contribution in [0.15, 0.2) is 59.5 Å². The highest BCUT2D eigenvalue weighted by Crippen LogP contribution is 2.32. The van der Waals surface area contributed by atoms with E-state index in [9.17, 15) is 22.4 Å². The summed E-state index contributed by atoms with van der Waals surface area (Å²) in [6.45, 7) is 1.81. The molecule has 0 unspecified atom stereocenters. The third kappa shape index (κ3) is 5.42. The van der Waals surface area contributed by atoms with E-state index in [1.807, 2.05) is 29.2 Å². The monoisotopic (exact) mass is 577 g/mol. The van der Waals surface area contributed by atoms with Crippen LogP contribution in [-0.4, -0.2) is 51.3 Å². The summed E-state index contributed by atoms with van der Waals surface area (Å²) in [4.78, 5) is 23.3. The second kappa shape index (κ2) is 10.1. The van der Waals surface area contributed by atoms with Crippen molar-refractivity contribution in [2.45, 2.75) is 18.8 Å². The SMILES string of the molecule is O=C(NCc1ccc(Br)cc1)[C@H]1CN(c2ncnc3nn(-c4ccc(C(F)(F)F)c(F)c4)cc23)CCN1. The molecule has 1 amide bonds. The summed E-state index contributed by atoms with van der Waals surface area (Å²) in [5, 5.41) is 11.0. The largest absolute Gasteiger partial charge is 0.419 e. The Morgan fingerprint density at radius 2 is 1.95 bits per heavy atom. The molecule has 1 fully saturated rings. The topological polar surface area (TPSA) is 88.0 Å². The van der Waals surface area contributed by atoms with Crippen molar-refractivity contribution in [3.05, 3.63) is 76.4 Å². The molecule has 0 aliphatic carbocycles. The Hall–Kier alpha value is -3.58. The summed E-state index contributed by atoms with van der Waals surface area (Å²) in [6.07, 6.45) is -1.93. The lowest BCUT2D eigenvalue weighted by Gasteiger charge is -2.33. The van der Waals surface area contributed by atoms with Crippen LogP contribution >= 0.6 is 15.9 Å². The molecule has 1 saturated heterocycles. The fraction of sp³-hybridized carbons (Fsp3) is 0.250. The number of anilines is 1. The maximum Gasteiger partial charge on any atom is 0.419 e. The van der Waals surface area contributed by atoms with Crippen molar-refractivity contribution >= 4 is 38.7 Å². The first-order valence-electron chi connectivity index (χ1n) is 11.3. The number of nitrogens with one attached hydrogen (secondary N) is 2. The lowest BCUT2D eigenvalue weighted by atomic mass is 10.1. The van der Waals surface area contributed by atoms with E-state index >= 15 is 0 Å². The Balaban J connectivity index is 1.34. The fourth-order valence-electron chi connectivity index (χ4n) is 4.12. The molecular formula is C24H20BrF4N7O. The Morgan fingerprint density at radius 3 is 2.68 bits per heavy atom. The third-order valence-electron chi connectivity index (χ3n) is 5.99. The molecule has 2 aromatic heterocycles. The molecule has 4 aromatic rings. The second-order valence-corrected chi connectivity index (χ2v) is 9.38. The van der Waals surface area contributed by atoms with Crippen LogP contribution in [0, 0.1) is 5.82 Å². The number of amides is 1. The number of hydrogen-bond acceptors (Lipinski definition) is 6. The number of nitrogens with zero attached hydrogens (tertiary/aromatic N) is 5. The third-order valence-corrected chi connectivity index (χ3v) is 6.52. The molecule has 2 N–H and O–H groups in total. The molecule has 8 nitrogen and oxygen atoms in total. The molecule has 192 valence electrons. The van der Waals surface area contributed by atoms with Gasteiger partial charge in [0.25, 0.3) is 0 Å². The molecular weight excluding hydrogens is 558 g/mol. The fourth-order valence-corrected chi connectivity index (χ4v) is 4.38. The van der Waals surface area contributed by atoms with Gasteiger partial charge in [-0.2, -0.15) is 13.2 Å². The van der Waals surface area contributed by atoms with Crippen LogP contribution in [0.4, 0.5) is 23.4 Å². The summed E-state index contributed by atoms with van der Waals surface area (Å²) in [7, 11) is 0. The van der Waals surface area contributed by atoms with Crippen LogP contribution < -0.4 is 15.5 Å². The van der Waals surface area contributed by atoms with Crippen LogP contribution in [0.1, 0.15) is 11.1 Å². The van der Waals surface area contributed by atoms with Crippen molar-refractivity contribution in [3.63, 3.8) is 0 Å². The first-order valence-corrected chi connectivity index (χ1v) is 12.1. The van der Waals surface area contributed by atoms with Crippen LogP contribution in [0.5, 0.6) is 0 Å². The Kier molecular flexibility index (Phi) is 6.82. The van der Waals surface area contributed by atoms with Gasteiger partial charge in [-0.15, -0.1) is 5.10 Å². The number of halogens is 5. The minimum atomic E-state index is -4.79. The van der Waals surface area contributed by atoms with Gasteiger partial charge in [0.05, 0.1) is 16.6 Å². The number of piperazine rings is 1. The van der Waals surface area contributed by atoms with Crippen LogP contribution in [0.3, 0.4) is 0 Å². The van der Waals surface area contributed by atoms with Gasteiger partial charge in [0, 0.05) is 42.9 Å². The maximum atomic E-state index is 14.1. The summed E-state index contributed by atoms with van der Waals surface area (Å²) in [6, 6.07) is 9.75. The van der Waals surface area contributed by atoms with E-state index in [0.29, 0.717) is 49.1 Å². The Morgan fingerprint density at radius 1 is 1.16 bits per heavy atom. The average Bonchev–Trinajstić information content (AvgIpc) is 3.32. The van der Waals surface area contributed by atoms with Gasteiger partial charge in [-0.25, -0.2) is 19.0 Å². The van der Waals surface area contributed by atoms with Gasteiger partial charge in [-0.05, 0) is 29.8 Å². The van der Waals surface area contributed by atoms with Gasteiger partial charge in [-0.1, -0.05) is 28.1 Å². The molecule has 0 radical (unpaired) electrons. The predicted octanol–water partition coefficient (Wildman–Crippen LogP) is 3.83.